The van der Waals surface area contributed by atoms with Crippen molar-refractivity contribution in [3.8, 4) is 5.75 Å². The van der Waals surface area contributed by atoms with E-state index in [0.29, 0.717) is 18.1 Å². The molecule has 0 aliphatic heterocycles. The maximum Gasteiger partial charge on any atom is 0.292 e. The number of aromatic nitrogens is 2. The van der Waals surface area contributed by atoms with Gasteiger partial charge in [-0.05, 0) is 24.6 Å². The minimum atomic E-state index is -0.458. The minimum absolute atomic E-state index is 0.0202. The lowest BCUT2D eigenvalue weighted by Gasteiger charge is -2.12. The summed E-state index contributed by atoms with van der Waals surface area (Å²) >= 11 is 30.4. The summed E-state index contributed by atoms with van der Waals surface area (Å²) in [5, 5.41) is 7.20. The van der Waals surface area contributed by atoms with Crippen molar-refractivity contribution in [3.05, 3.63) is 96.4 Å². The molecule has 176 valence electrons. The van der Waals surface area contributed by atoms with E-state index in [1.165, 1.54) is 11.6 Å². The van der Waals surface area contributed by atoms with Crippen molar-refractivity contribution in [2.45, 2.75) is 20.1 Å². The molecule has 2 aromatic heterocycles. The van der Waals surface area contributed by atoms with Gasteiger partial charge in [0, 0.05) is 12.3 Å². The molecule has 6 nitrogen and oxygen atoms in total. The zero-order valence-corrected chi connectivity index (χ0v) is 21.3. The Balaban J connectivity index is 1.38. The normalized spacial score (nSPS) is 11.0. The largest absolute Gasteiger partial charge is 0.482 e. The van der Waals surface area contributed by atoms with Gasteiger partial charge in [-0.25, -0.2) is 0 Å². The molecule has 34 heavy (non-hydrogen) atoms. The summed E-state index contributed by atoms with van der Waals surface area (Å²) in [5.41, 5.74) is 2.28. The highest BCUT2D eigenvalue weighted by atomic mass is 35.5. The molecular weight excluding hydrogens is 544 g/mol. The summed E-state index contributed by atoms with van der Waals surface area (Å²) in [5.74, 6) is 0.432. The summed E-state index contributed by atoms with van der Waals surface area (Å²) < 4.78 is 12.9. The molecule has 0 aliphatic rings. The molecule has 0 fully saturated rings. The van der Waals surface area contributed by atoms with E-state index < -0.39 is 5.91 Å². The van der Waals surface area contributed by atoms with E-state index in [1.807, 2.05) is 25.1 Å². The molecule has 0 atom stereocenters. The molecule has 0 saturated heterocycles. The van der Waals surface area contributed by atoms with Crippen molar-refractivity contribution in [1.82, 2.24) is 9.78 Å². The number of amides is 1. The van der Waals surface area contributed by atoms with Gasteiger partial charge in [-0.1, -0.05) is 87.8 Å². The Labute approximate surface area is 220 Å². The van der Waals surface area contributed by atoms with Crippen molar-refractivity contribution in [1.29, 1.82) is 0 Å². The number of rotatable bonds is 7. The molecule has 1 N–H and O–H groups in total. The molecule has 4 rings (SSSR count). The van der Waals surface area contributed by atoms with Gasteiger partial charge in [-0.15, -0.1) is 0 Å². The Morgan fingerprint density at radius 3 is 2.41 bits per heavy atom. The van der Waals surface area contributed by atoms with Gasteiger partial charge >= 0.3 is 0 Å². The van der Waals surface area contributed by atoms with Crippen LogP contribution in [-0.4, -0.2) is 15.7 Å². The molecule has 4 aromatic rings. The highest BCUT2D eigenvalue weighted by molar-refractivity contribution is 6.55. The van der Waals surface area contributed by atoms with Gasteiger partial charge in [0.25, 0.3) is 5.91 Å². The number of furan rings is 1. The number of benzene rings is 2. The topological polar surface area (TPSA) is 69.3 Å². The molecule has 2 aromatic carbocycles. The fraction of sp³-hybridized carbons (Fsp3) is 0.130. The van der Waals surface area contributed by atoms with Crippen LogP contribution in [0.3, 0.4) is 0 Å². The summed E-state index contributed by atoms with van der Waals surface area (Å²) in [7, 11) is 0. The van der Waals surface area contributed by atoms with Crippen molar-refractivity contribution >= 4 is 69.7 Å². The third-order valence-electron chi connectivity index (χ3n) is 4.72. The van der Waals surface area contributed by atoms with Gasteiger partial charge in [0.1, 0.15) is 22.4 Å². The second kappa shape index (κ2) is 10.5. The fourth-order valence-electron chi connectivity index (χ4n) is 3.12. The molecule has 0 bridgehead atoms. The predicted molar refractivity (Wildman–Crippen MR) is 135 cm³/mol. The molecule has 11 heteroatoms. The Bertz CT molecular complexity index is 1340. The van der Waals surface area contributed by atoms with Crippen molar-refractivity contribution in [3.63, 3.8) is 0 Å². The van der Waals surface area contributed by atoms with Crippen LogP contribution in [0.2, 0.25) is 25.1 Å². The number of carbonyl (C=O) groups excluding carboxylic acids is 1. The monoisotopic (exact) mass is 557 g/mol. The average Bonchev–Trinajstić information content (AvgIpc) is 3.46. The number of anilines is 1. The van der Waals surface area contributed by atoms with Crippen molar-refractivity contribution in [2.75, 3.05) is 5.32 Å². The first kappa shape index (κ1) is 24.8. The Morgan fingerprint density at radius 1 is 1.00 bits per heavy atom. The van der Waals surface area contributed by atoms with Gasteiger partial charge in [-0.3, -0.25) is 9.48 Å². The summed E-state index contributed by atoms with van der Waals surface area (Å²) in [6.45, 7) is 2.54. The highest BCUT2D eigenvalue weighted by Gasteiger charge is 2.21. The number of hydrogen-bond acceptors (Lipinski definition) is 4. The van der Waals surface area contributed by atoms with Crippen LogP contribution in [0.25, 0.3) is 0 Å². The maximum absolute atomic E-state index is 12.6. The standard InChI is InChI=1S/C23H16Cl5N3O3/c1-12-3-2-4-13(9-12)10-31-8-7-16(30-31)29-23(32)15-6-5-14(34-15)11-33-22-20(27)18(25)17(24)19(26)21(22)28/h2-9H,10-11H2,1H3,(H,29,30,32). The second-order valence-corrected chi connectivity index (χ2v) is 9.19. The number of hydrogen-bond donors (Lipinski definition) is 1. The number of carbonyl (C=O) groups is 1. The molecule has 0 unspecified atom stereocenters. The number of ether oxygens (including phenoxy) is 1. The minimum Gasteiger partial charge on any atom is -0.482 e. The lowest BCUT2D eigenvalue weighted by molar-refractivity contribution is 0.0992. The van der Waals surface area contributed by atoms with E-state index in [1.54, 1.807) is 23.0 Å². The van der Waals surface area contributed by atoms with Gasteiger partial charge in [-0.2, -0.15) is 5.10 Å². The average molecular weight is 560 g/mol. The lowest BCUT2D eigenvalue weighted by Crippen LogP contribution is -2.12. The first-order valence-corrected chi connectivity index (χ1v) is 11.7. The quantitative estimate of drug-likeness (QED) is 0.184. The van der Waals surface area contributed by atoms with Crippen LogP contribution in [-0.2, 0) is 13.2 Å². The van der Waals surface area contributed by atoms with E-state index in [9.17, 15) is 4.79 Å². The summed E-state index contributed by atoms with van der Waals surface area (Å²) in [6, 6.07) is 12.9. The number of nitrogens with zero attached hydrogens (tertiary/aromatic N) is 2. The molecule has 0 radical (unpaired) electrons. The third kappa shape index (κ3) is 5.48. The first-order chi connectivity index (χ1) is 16.2. The van der Waals surface area contributed by atoms with Gasteiger partial charge < -0.3 is 14.5 Å². The van der Waals surface area contributed by atoms with E-state index >= 15 is 0 Å². The van der Waals surface area contributed by atoms with Crippen molar-refractivity contribution < 1.29 is 13.9 Å². The van der Waals surface area contributed by atoms with Gasteiger partial charge in [0.2, 0.25) is 0 Å². The zero-order valence-electron chi connectivity index (χ0n) is 17.5. The highest BCUT2D eigenvalue weighted by Crippen LogP contribution is 2.48. The molecule has 0 saturated carbocycles. The predicted octanol–water partition coefficient (Wildman–Crippen LogP) is 7.93. The van der Waals surface area contributed by atoms with E-state index in [2.05, 4.69) is 16.5 Å². The molecule has 1 amide bonds. The smallest absolute Gasteiger partial charge is 0.292 e. The van der Waals surface area contributed by atoms with Crippen molar-refractivity contribution in [2.24, 2.45) is 0 Å². The maximum atomic E-state index is 12.6. The van der Waals surface area contributed by atoms with Crippen LogP contribution < -0.4 is 10.1 Å². The van der Waals surface area contributed by atoms with Crippen LogP contribution >= 0.6 is 58.0 Å². The van der Waals surface area contributed by atoms with E-state index in [0.717, 1.165) is 5.56 Å². The molecule has 0 spiro atoms. The Morgan fingerprint density at radius 2 is 1.71 bits per heavy atom. The second-order valence-electron chi connectivity index (χ2n) is 7.30. The van der Waals surface area contributed by atoms with Gasteiger partial charge in [0.15, 0.2) is 17.3 Å². The van der Waals surface area contributed by atoms with Crippen LogP contribution in [0.4, 0.5) is 5.82 Å². The van der Waals surface area contributed by atoms with Crippen LogP contribution in [0.5, 0.6) is 5.75 Å². The van der Waals surface area contributed by atoms with E-state index in [-0.39, 0.29) is 43.2 Å². The summed E-state index contributed by atoms with van der Waals surface area (Å²) in [6.07, 6.45) is 1.79. The Hall–Kier alpha value is -2.35. The third-order valence-corrected chi connectivity index (χ3v) is 6.97. The number of halogens is 5. The number of aryl methyl sites for hydroxylation is 1. The molecule has 0 aliphatic carbocycles. The summed E-state index contributed by atoms with van der Waals surface area (Å²) in [4.78, 5) is 12.6. The number of nitrogens with one attached hydrogen (secondary N) is 1. The molecular formula is C23H16Cl5N3O3. The molecule has 2 heterocycles. The Kier molecular flexibility index (Phi) is 7.65. The van der Waals surface area contributed by atoms with Crippen LogP contribution in [0.1, 0.15) is 27.4 Å². The zero-order chi connectivity index (χ0) is 24.4. The SMILES string of the molecule is Cc1cccc(Cn2ccc(NC(=O)c3ccc(COc4c(Cl)c(Cl)c(Cl)c(Cl)c4Cl)o3)n2)c1. The lowest BCUT2D eigenvalue weighted by atomic mass is 10.1. The van der Waals surface area contributed by atoms with E-state index in [4.69, 9.17) is 67.2 Å². The van der Waals surface area contributed by atoms with Crippen LogP contribution in [0.15, 0.2) is 53.1 Å². The van der Waals surface area contributed by atoms with Crippen LogP contribution in [0, 0.1) is 6.92 Å². The fourth-order valence-corrected chi connectivity index (χ4v) is 4.35. The first-order valence-electron chi connectivity index (χ1n) is 9.86. The van der Waals surface area contributed by atoms with Gasteiger partial charge in [0.05, 0.1) is 21.6 Å².